The highest BCUT2D eigenvalue weighted by atomic mass is 28.4. The van der Waals surface area contributed by atoms with E-state index in [-0.39, 0.29) is 11.6 Å². The summed E-state index contributed by atoms with van der Waals surface area (Å²) in [6, 6.07) is 0. The molecule has 1 amide bonds. The predicted octanol–water partition coefficient (Wildman–Crippen LogP) is 1.85. The van der Waals surface area contributed by atoms with Gasteiger partial charge in [-0.25, -0.2) is 4.79 Å². The van der Waals surface area contributed by atoms with Gasteiger partial charge in [-0.3, -0.25) is 0 Å². The van der Waals surface area contributed by atoms with E-state index in [1.54, 1.807) is 0 Å². The average Bonchev–Trinajstić information content (AvgIpc) is 2.13. The maximum Gasteiger partial charge on any atom is 0.404 e. The molecule has 0 heterocycles. The van der Waals surface area contributed by atoms with Crippen molar-refractivity contribution in [1.82, 2.24) is 0 Å². The van der Waals surface area contributed by atoms with E-state index in [2.05, 4.69) is 33.9 Å². The van der Waals surface area contributed by atoms with Gasteiger partial charge in [0, 0.05) is 13.0 Å². The smallest absolute Gasteiger partial charge is 0.404 e. The number of carbonyl (C=O) groups is 1. The highest BCUT2D eigenvalue weighted by Crippen LogP contribution is 2.36. The molecule has 17 heavy (non-hydrogen) atoms. The molecule has 0 saturated heterocycles. The third-order valence-electron chi connectivity index (χ3n) is 3.20. The molecule has 0 aromatic carbocycles. The standard InChI is InChI=1S/C11H25NO4Si/c1-11(2,3)17(4,5)15-7-6-9(8-13)16-10(12)14/h9,13H,6-8H2,1-5H3,(H2,12,14)/t9-/m0/s1. The normalized spacial score (nSPS) is 14.5. The van der Waals surface area contributed by atoms with Gasteiger partial charge >= 0.3 is 6.09 Å². The minimum absolute atomic E-state index is 0.145. The molecule has 102 valence electrons. The summed E-state index contributed by atoms with van der Waals surface area (Å²) in [6.45, 7) is 11.0. The van der Waals surface area contributed by atoms with Crippen LogP contribution in [0.2, 0.25) is 18.1 Å². The Hall–Kier alpha value is -0.593. The first kappa shape index (κ1) is 16.4. The Morgan fingerprint density at radius 2 is 1.94 bits per heavy atom. The molecule has 3 N–H and O–H groups in total. The van der Waals surface area contributed by atoms with Gasteiger partial charge in [-0.15, -0.1) is 0 Å². The molecular formula is C11H25NO4Si. The molecule has 0 aromatic rings. The second-order valence-electron chi connectivity index (χ2n) is 5.64. The van der Waals surface area contributed by atoms with Gasteiger partial charge in [-0.2, -0.15) is 0 Å². The highest BCUT2D eigenvalue weighted by Gasteiger charge is 2.37. The van der Waals surface area contributed by atoms with E-state index in [0.29, 0.717) is 13.0 Å². The maximum atomic E-state index is 10.5. The van der Waals surface area contributed by atoms with E-state index in [0.717, 1.165) is 0 Å². The van der Waals surface area contributed by atoms with Crippen molar-refractivity contribution in [2.75, 3.05) is 13.2 Å². The van der Waals surface area contributed by atoms with E-state index in [4.69, 9.17) is 20.0 Å². The van der Waals surface area contributed by atoms with Crippen molar-refractivity contribution in [1.29, 1.82) is 0 Å². The summed E-state index contributed by atoms with van der Waals surface area (Å²) in [5.74, 6) is 0. The van der Waals surface area contributed by atoms with Crippen LogP contribution in [-0.4, -0.2) is 38.8 Å². The lowest BCUT2D eigenvalue weighted by Gasteiger charge is -2.36. The lowest BCUT2D eigenvalue weighted by molar-refractivity contribution is 0.0489. The molecule has 0 unspecified atom stereocenters. The summed E-state index contributed by atoms with van der Waals surface area (Å²) in [5, 5.41) is 9.13. The Morgan fingerprint density at radius 3 is 2.29 bits per heavy atom. The largest absolute Gasteiger partial charge is 0.444 e. The van der Waals surface area contributed by atoms with Crippen LogP contribution in [0.1, 0.15) is 27.2 Å². The number of primary amides is 1. The van der Waals surface area contributed by atoms with Crippen LogP contribution in [0, 0.1) is 0 Å². The van der Waals surface area contributed by atoms with Gasteiger partial charge in [0.2, 0.25) is 0 Å². The molecular weight excluding hydrogens is 238 g/mol. The molecule has 5 nitrogen and oxygen atoms in total. The lowest BCUT2D eigenvalue weighted by Crippen LogP contribution is -2.41. The van der Waals surface area contributed by atoms with Crippen molar-refractivity contribution in [2.24, 2.45) is 5.73 Å². The van der Waals surface area contributed by atoms with Gasteiger partial charge in [0.05, 0.1) is 6.61 Å². The van der Waals surface area contributed by atoms with Crippen LogP contribution in [0.25, 0.3) is 0 Å². The minimum atomic E-state index is -1.78. The van der Waals surface area contributed by atoms with Gasteiger partial charge < -0.3 is 20.0 Å². The summed E-state index contributed by atoms with van der Waals surface area (Å²) >= 11 is 0. The maximum absolute atomic E-state index is 10.5. The number of hydrogen-bond donors (Lipinski definition) is 2. The van der Waals surface area contributed by atoms with Crippen LogP contribution >= 0.6 is 0 Å². The van der Waals surface area contributed by atoms with Gasteiger partial charge in [-0.05, 0) is 18.1 Å². The van der Waals surface area contributed by atoms with E-state index in [9.17, 15) is 4.79 Å². The second kappa shape index (κ2) is 6.37. The molecule has 0 fully saturated rings. The zero-order valence-corrected chi connectivity index (χ0v) is 12.4. The van der Waals surface area contributed by atoms with Gasteiger partial charge in [-0.1, -0.05) is 20.8 Å². The third kappa shape index (κ3) is 6.04. The van der Waals surface area contributed by atoms with Crippen LogP contribution in [0.5, 0.6) is 0 Å². The highest BCUT2D eigenvalue weighted by molar-refractivity contribution is 6.74. The number of ether oxygens (including phenoxy) is 1. The summed E-state index contributed by atoms with van der Waals surface area (Å²) < 4.78 is 10.6. The summed E-state index contributed by atoms with van der Waals surface area (Å²) in [6.07, 6.45) is -0.972. The van der Waals surface area contributed by atoms with Crippen LogP contribution < -0.4 is 5.73 Å². The summed E-state index contributed by atoms with van der Waals surface area (Å²) in [7, 11) is -1.78. The van der Waals surface area contributed by atoms with E-state index < -0.39 is 20.5 Å². The fraction of sp³-hybridized carbons (Fsp3) is 0.909. The number of aliphatic hydroxyl groups is 1. The molecule has 0 bridgehead atoms. The van der Waals surface area contributed by atoms with Crippen molar-refractivity contribution in [2.45, 2.75) is 51.4 Å². The van der Waals surface area contributed by atoms with Crippen molar-refractivity contribution in [3.63, 3.8) is 0 Å². The van der Waals surface area contributed by atoms with Crippen LogP contribution in [0.15, 0.2) is 0 Å². The molecule has 0 radical (unpaired) electrons. The van der Waals surface area contributed by atoms with Crippen molar-refractivity contribution in [3.05, 3.63) is 0 Å². The van der Waals surface area contributed by atoms with Crippen molar-refractivity contribution in [3.8, 4) is 0 Å². The Bertz CT molecular complexity index is 250. The molecule has 0 saturated carbocycles. The van der Waals surface area contributed by atoms with Crippen molar-refractivity contribution >= 4 is 14.4 Å². The Labute approximate surface area is 104 Å². The average molecular weight is 263 g/mol. The summed E-state index contributed by atoms with van der Waals surface area (Å²) in [4.78, 5) is 10.5. The van der Waals surface area contributed by atoms with Gasteiger partial charge in [0.15, 0.2) is 8.32 Å². The monoisotopic (exact) mass is 263 g/mol. The fourth-order valence-electron chi connectivity index (χ4n) is 1.01. The molecule has 6 heteroatoms. The fourth-order valence-corrected chi connectivity index (χ4v) is 2.07. The Morgan fingerprint density at radius 1 is 1.41 bits per heavy atom. The van der Waals surface area contributed by atoms with Crippen LogP contribution in [0.3, 0.4) is 0 Å². The first-order chi connectivity index (χ1) is 7.60. The molecule has 0 aromatic heterocycles. The lowest BCUT2D eigenvalue weighted by atomic mass is 10.2. The van der Waals surface area contributed by atoms with Gasteiger partial charge in [0.1, 0.15) is 6.10 Å². The third-order valence-corrected chi connectivity index (χ3v) is 7.73. The zero-order valence-electron chi connectivity index (χ0n) is 11.4. The number of carbonyl (C=O) groups excluding carboxylic acids is 1. The molecule has 0 aliphatic carbocycles. The quantitative estimate of drug-likeness (QED) is 0.717. The number of aliphatic hydroxyl groups excluding tert-OH is 1. The minimum Gasteiger partial charge on any atom is -0.444 e. The molecule has 0 aliphatic rings. The van der Waals surface area contributed by atoms with E-state index in [1.165, 1.54) is 0 Å². The van der Waals surface area contributed by atoms with E-state index >= 15 is 0 Å². The Balaban J connectivity index is 4.09. The first-order valence-corrected chi connectivity index (χ1v) is 8.72. The van der Waals surface area contributed by atoms with Gasteiger partial charge in [0.25, 0.3) is 0 Å². The molecule has 1 atom stereocenters. The number of hydrogen-bond acceptors (Lipinski definition) is 4. The number of rotatable bonds is 6. The number of amides is 1. The molecule has 0 aliphatic heterocycles. The van der Waals surface area contributed by atoms with E-state index in [1.807, 2.05) is 0 Å². The second-order valence-corrected chi connectivity index (χ2v) is 10.4. The molecule has 0 spiro atoms. The van der Waals surface area contributed by atoms with Crippen LogP contribution in [-0.2, 0) is 9.16 Å². The van der Waals surface area contributed by atoms with Crippen molar-refractivity contribution < 1.29 is 19.1 Å². The Kier molecular flexibility index (Phi) is 6.15. The first-order valence-electron chi connectivity index (χ1n) is 5.81. The zero-order chi connectivity index (χ0) is 13.7. The summed E-state index contributed by atoms with van der Waals surface area (Å²) in [5.41, 5.74) is 4.89. The SMILES string of the molecule is CC(C)(C)[Si](C)(C)OCC[C@@H](CO)OC(N)=O. The molecule has 0 rings (SSSR count). The van der Waals surface area contributed by atoms with Crippen LogP contribution in [0.4, 0.5) is 4.79 Å². The topological polar surface area (TPSA) is 81.8 Å². The number of nitrogens with two attached hydrogens (primary N) is 1. The predicted molar refractivity (Wildman–Crippen MR) is 69.3 cm³/mol.